The van der Waals surface area contributed by atoms with E-state index in [4.69, 9.17) is 11.6 Å². The van der Waals surface area contributed by atoms with Gasteiger partial charge in [0, 0.05) is 58.0 Å². The fourth-order valence-electron chi connectivity index (χ4n) is 3.74. The Balaban J connectivity index is 0.00000320. The van der Waals surface area contributed by atoms with Gasteiger partial charge in [-0.3, -0.25) is 10.6 Å². The third-order valence-corrected chi connectivity index (χ3v) is 5.58. The second kappa shape index (κ2) is 8.89. The van der Waals surface area contributed by atoms with Gasteiger partial charge in [-0.1, -0.05) is 6.07 Å². The molecule has 1 aromatic rings. The van der Waals surface area contributed by atoms with Gasteiger partial charge < -0.3 is 21.0 Å². The van der Waals surface area contributed by atoms with Crippen molar-refractivity contribution < 1.29 is 19.4 Å². The van der Waals surface area contributed by atoms with Crippen LogP contribution in [-0.4, -0.2) is 48.1 Å². The second-order valence-corrected chi connectivity index (χ2v) is 7.66. The van der Waals surface area contributed by atoms with Crippen molar-refractivity contribution in [3.8, 4) is 0 Å². The molecule has 162 valence electrons. The first-order chi connectivity index (χ1) is 13.8. The third-order valence-electron chi connectivity index (χ3n) is 5.58. The lowest BCUT2D eigenvalue weighted by molar-refractivity contribution is -0.168. The minimum atomic E-state index is -4.15. The zero-order valence-corrected chi connectivity index (χ0v) is 16.2. The summed E-state index contributed by atoms with van der Waals surface area (Å²) in [6.45, 7) is 1.59. The molecule has 0 saturated carbocycles. The molecule has 1 aromatic heterocycles. The van der Waals surface area contributed by atoms with E-state index < -0.39 is 12.1 Å². The minimum absolute atomic E-state index is 0. The molecule has 7 nitrogen and oxygen atoms in total. The first kappa shape index (κ1) is 21.2. The van der Waals surface area contributed by atoms with Crippen LogP contribution in [0.2, 0.25) is 0 Å². The van der Waals surface area contributed by atoms with Crippen LogP contribution >= 0.6 is 0 Å². The van der Waals surface area contributed by atoms with Crippen molar-refractivity contribution in [2.75, 3.05) is 31.1 Å². The van der Waals surface area contributed by atoms with Gasteiger partial charge in [0.1, 0.15) is 5.82 Å². The Kier molecular flexibility index (Phi) is 6.51. The van der Waals surface area contributed by atoms with Crippen LogP contribution in [0.3, 0.4) is 0 Å². The number of rotatable bonds is 7. The molecule has 2 saturated heterocycles. The van der Waals surface area contributed by atoms with E-state index in [1.807, 2.05) is 6.07 Å². The molecule has 0 aromatic carbocycles. The quantitative estimate of drug-likeness (QED) is 0.467. The summed E-state index contributed by atoms with van der Waals surface area (Å²) in [5.74, 6) is 4.74. The SMILES string of the molecule is NN/C=C(\N)CCCC(=O)N1CC(c2ccc(N3CCC(C(F)(F)F)C3)nc2)C1.[HH]. The number of likely N-dealkylation sites (tertiary alicyclic amines) is 1. The van der Waals surface area contributed by atoms with E-state index in [1.54, 1.807) is 22.1 Å². The Morgan fingerprint density at radius 3 is 2.66 bits per heavy atom. The number of allylic oxidation sites excluding steroid dienone is 1. The number of alkyl halides is 3. The third kappa shape index (κ3) is 5.31. The zero-order chi connectivity index (χ0) is 21.0. The molecule has 10 heteroatoms. The summed E-state index contributed by atoms with van der Waals surface area (Å²) >= 11 is 0. The molecule has 1 amide bonds. The van der Waals surface area contributed by atoms with E-state index in [0.29, 0.717) is 50.4 Å². The molecule has 0 aliphatic carbocycles. The number of anilines is 1. The fourth-order valence-corrected chi connectivity index (χ4v) is 3.74. The van der Waals surface area contributed by atoms with Crippen LogP contribution < -0.4 is 21.9 Å². The fraction of sp³-hybridized carbons (Fsp3) is 0.579. The molecule has 3 heterocycles. The van der Waals surface area contributed by atoms with Crippen molar-refractivity contribution in [3.05, 3.63) is 35.8 Å². The topological polar surface area (TPSA) is 101 Å². The molecule has 1 atom stereocenters. The number of halogens is 3. The second-order valence-electron chi connectivity index (χ2n) is 7.66. The normalized spacial score (nSPS) is 20.7. The molecule has 3 rings (SSSR count). The van der Waals surface area contributed by atoms with E-state index in [9.17, 15) is 18.0 Å². The number of hydrogen-bond donors (Lipinski definition) is 3. The van der Waals surface area contributed by atoms with Crippen molar-refractivity contribution in [3.63, 3.8) is 0 Å². The number of amides is 1. The molecular formula is C19H29F3N6O. The highest BCUT2D eigenvalue weighted by Crippen LogP contribution is 2.35. The summed E-state index contributed by atoms with van der Waals surface area (Å²) in [7, 11) is 0. The van der Waals surface area contributed by atoms with Gasteiger partial charge in [-0.15, -0.1) is 0 Å². The van der Waals surface area contributed by atoms with Crippen molar-refractivity contribution >= 4 is 11.7 Å². The number of hydrogen-bond acceptors (Lipinski definition) is 6. The number of aromatic nitrogens is 1. The average molecular weight is 414 g/mol. The first-order valence-electron chi connectivity index (χ1n) is 9.74. The van der Waals surface area contributed by atoms with E-state index in [2.05, 4.69) is 10.4 Å². The number of carbonyl (C=O) groups excluding carboxylic acids is 1. The van der Waals surface area contributed by atoms with Crippen molar-refractivity contribution in [1.82, 2.24) is 15.3 Å². The number of pyridine rings is 1. The number of hydrazine groups is 1. The van der Waals surface area contributed by atoms with Gasteiger partial charge in [-0.05, 0) is 30.9 Å². The number of nitrogens with two attached hydrogens (primary N) is 2. The Hall–Kier alpha value is -2.49. The summed E-state index contributed by atoms with van der Waals surface area (Å²) in [6.07, 6.45) is 0.870. The van der Waals surface area contributed by atoms with Crippen LogP contribution in [0, 0.1) is 5.92 Å². The number of nitrogens with one attached hydrogen (secondary N) is 1. The van der Waals surface area contributed by atoms with Gasteiger partial charge in [-0.25, -0.2) is 4.98 Å². The first-order valence-corrected chi connectivity index (χ1v) is 9.74. The van der Waals surface area contributed by atoms with Crippen LogP contribution in [0.15, 0.2) is 30.2 Å². The lowest BCUT2D eigenvalue weighted by Crippen LogP contribution is -2.48. The minimum Gasteiger partial charge on any atom is -0.401 e. The molecule has 29 heavy (non-hydrogen) atoms. The monoisotopic (exact) mass is 414 g/mol. The van der Waals surface area contributed by atoms with Gasteiger partial charge >= 0.3 is 6.18 Å². The lowest BCUT2D eigenvalue weighted by atomic mass is 9.92. The number of carbonyl (C=O) groups is 1. The van der Waals surface area contributed by atoms with E-state index in [1.165, 1.54) is 6.20 Å². The summed E-state index contributed by atoms with van der Waals surface area (Å²) in [4.78, 5) is 20.0. The maximum Gasteiger partial charge on any atom is 0.393 e. The summed E-state index contributed by atoms with van der Waals surface area (Å²) in [5.41, 5.74) is 9.68. The lowest BCUT2D eigenvalue weighted by Gasteiger charge is -2.39. The predicted octanol–water partition coefficient (Wildman–Crippen LogP) is 2.08. The molecule has 2 fully saturated rings. The van der Waals surface area contributed by atoms with E-state index >= 15 is 0 Å². The van der Waals surface area contributed by atoms with Gasteiger partial charge in [0.2, 0.25) is 5.91 Å². The highest BCUT2D eigenvalue weighted by atomic mass is 19.4. The van der Waals surface area contributed by atoms with E-state index in [0.717, 1.165) is 5.56 Å². The highest BCUT2D eigenvalue weighted by molar-refractivity contribution is 5.77. The predicted molar refractivity (Wildman–Crippen MR) is 105 cm³/mol. The Labute approximate surface area is 169 Å². The Morgan fingerprint density at radius 2 is 2.07 bits per heavy atom. The van der Waals surface area contributed by atoms with Crippen LogP contribution in [0.4, 0.5) is 19.0 Å². The average Bonchev–Trinajstić information content (AvgIpc) is 3.12. The van der Waals surface area contributed by atoms with Gasteiger partial charge in [-0.2, -0.15) is 13.2 Å². The molecule has 0 radical (unpaired) electrons. The standard InChI is InChI=1S/C19H27F3N6O.H2/c20-19(21,22)15-6-7-27(12-15)17-5-4-13(8-25-17)14-10-28(11-14)18(29)3-1-2-16(23)9-26-24;/h4-5,8-9,14-15,26H,1-3,6-7,10-12,23-24H2;1H/b16-9-;. The van der Waals surface area contributed by atoms with E-state index in [-0.39, 0.29) is 26.2 Å². The highest BCUT2D eigenvalue weighted by Gasteiger charge is 2.43. The molecule has 2 aliphatic heterocycles. The maximum absolute atomic E-state index is 12.8. The van der Waals surface area contributed by atoms with Crippen LogP contribution in [0.5, 0.6) is 0 Å². The molecule has 1 unspecified atom stereocenters. The Morgan fingerprint density at radius 1 is 1.31 bits per heavy atom. The largest absolute Gasteiger partial charge is 0.401 e. The Bertz CT molecular complexity index is 737. The summed E-state index contributed by atoms with van der Waals surface area (Å²) < 4.78 is 38.5. The number of nitrogens with zero attached hydrogens (tertiary/aromatic N) is 3. The smallest absolute Gasteiger partial charge is 0.393 e. The summed E-state index contributed by atoms with van der Waals surface area (Å²) in [6, 6.07) is 3.68. The molecule has 0 spiro atoms. The van der Waals surface area contributed by atoms with Crippen LogP contribution in [0.1, 0.15) is 38.6 Å². The molecule has 5 N–H and O–H groups in total. The summed E-state index contributed by atoms with van der Waals surface area (Å²) in [5, 5.41) is 0. The molecule has 0 bridgehead atoms. The van der Waals surface area contributed by atoms with Crippen molar-refractivity contribution in [2.24, 2.45) is 17.5 Å². The van der Waals surface area contributed by atoms with Gasteiger partial charge in [0.25, 0.3) is 0 Å². The van der Waals surface area contributed by atoms with Crippen LogP contribution in [0.25, 0.3) is 0 Å². The van der Waals surface area contributed by atoms with Crippen LogP contribution in [-0.2, 0) is 4.79 Å². The van der Waals surface area contributed by atoms with Crippen molar-refractivity contribution in [2.45, 2.75) is 37.8 Å². The van der Waals surface area contributed by atoms with Gasteiger partial charge in [0.05, 0.1) is 5.92 Å². The van der Waals surface area contributed by atoms with Gasteiger partial charge in [0.15, 0.2) is 0 Å². The molecular weight excluding hydrogens is 385 g/mol. The van der Waals surface area contributed by atoms with Crippen molar-refractivity contribution in [1.29, 1.82) is 0 Å². The molecule has 2 aliphatic rings. The maximum atomic E-state index is 12.8. The zero-order valence-electron chi connectivity index (χ0n) is 16.2.